The van der Waals surface area contributed by atoms with E-state index >= 15 is 0 Å². The highest BCUT2D eigenvalue weighted by atomic mass is 79.9. The molecule has 0 aliphatic rings. The van der Waals surface area contributed by atoms with E-state index in [1.54, 1.807) is 0 Å². The van der Waals surface area contributed by atoms with E-state index in [2.05, 4.69) is 20.9 Å². The van der Waals surface area contributed by atoms with Gasteiger partial charge in [-0.05, 0) is 28.1 Å². The molecule has 0 saturated heterocycles. The van der Waals surface area contributed by atoms with Crippen molar-refractivity contribution in [1.82, 2.24) is 4.98 Å². The molecule has 0 aliphatic carbocycles. The predicted octanol–water partition coefficient (Wildman–Crippen LogP) is 5.35. The molecule has 0 unspecified atom stereocenters. The van der Waals surface area contributed by atoms with Crippen LogP contribution in [0.3, 0.4) is 0 Å². The molecule has 96 valence electrons. The van der Waals surface area contributed by atoms with Gasteiger partial charge in [0, 0.05) is 11.1 Å². The normalized spacial score (nSPS) is 9.95. The second kappa shape index (κ2) is 6.17. The molecule has 4 heteroatoms. The van der Waals surface area contributed by atoms with Crippen molar-refractivity contribution in [2.24, 2.45) is 0 Å². The summed E-state index contributed by atoms with van der Waals surface area (Å²) in [5.41, 5.74) is 1.99. The lowest BCUT2D eigenvalue weighted by Crippen LogP contribution is -1.74. The highest BCUT2D eigenvalue weighted by Crippen LogP contribution is 2.32. The molecular weight excluding hydrogens is 370 g/mol. The van der Waals surface area contributed by atoms with Crippen LogP contribution in [-0.2, 0) is 0 Å². The lowest BCUT2D eigenvalue weighted by atomic mass is 10.2. The van der Waals surface area contributed by atoms with Crippen LogP contribution < -0.4 is 0 Å². The van der Waals surface area contributed by atoms with E-state index in [4.69, 9.17) is 4.42 Å². The van der Waals surface area contributed by atoms with E-state index in [0.717, 1.165) is 21.5 Å². The molecule has 0 fully saturated rings. The van der Waals surface area contributed by atoms with Crippen LogP contribution in [0.1, 0.15) is 0 Å². The van der Waals surface area contributed by atoms with Crippen molar-refractivity contribution in [2.75, 3.05) is 0 Å². The van der Waals surface area contributed by atoms with E-state index in [1.165, 1.54) is 0 Å². The number of nitrogens with zero attached hydrogens (tertiary/aromatic N) is 1. The maximum Gasteiger partial charge on any atom is 0.227 e. The average Bonchev–Trinajstić information content (AvgIpc) is 2.83. The van der Waals surface area contributed by atoms with Gasteiger partial charge in [0.2, 0.25) is 5.89 Å². The van der Waals surface area contributed by atoms with Gasteiger partial charge in [0.15, 0.2) is 10.4 Å². The van der Waals surface area contributed by atoms with Crippen molar-refractivity contribution in [1.29, 1.82) is 0 Å². The molecule has 0 radical (unpaired) electrons. The summed E-state index contributed by atoms with van der Waals surface area (Å²) in [6.07, 6.45) is 0. The van der Waals surface area contributed by atoms with E-state index in [9.17, 15) is 0 Å². The third kappa shape index (κ3) is 2.96. The zero-order chi connectivity index (χ0) is 12.4. The Morgan fingerprint density at radius 1 is 0.789 bits per heavy atom. The van der Waals surface area contributed by atoms with Crippen LogP contribution in [0.5, 0.6) is 0 Å². The molecule has 19 heavy (non-hydrogen) atoms. The third-order valence-electron chi connectivity index (χ3n) is 2.64. The Morgan fingerprint density at radius 3 is 1.89 bits per heavy atom. The summed E-state index contributed by atoms with van der Waals surface area (Å²) in [6, 6.07) is 19.8. The minimum absolute atomic E-state index is 0. The molecule has 0 amide bonds. The number of benzene rings is 2. The zero-order valence-electron chi connectivity index (χ0n) is 9.92. The summed E-state index contributed by atoms with van der Waals surface area (Å²) in [4.78, 5) is 4.41. The molecule has 0 atom stereocenters. The smallest absolute Gasteiger partial charge is 0.227 e. The van der Waals surface area contributed by atoms with Gasteiger partial charge in [0.05, 0.1) is 0 Å². The first-order valence-corrected chi connectivity index (χ1v) is 6.41. The molecule has 3 aromatic rings. The van der Waals surface area contributed by atoms with Crippen LogP contribution in [0.2, 0.25) is 0 Å². The van der Waals surface area contributed by atoms with Gasteiger partial charge in [0.25, 0.3) is 0 Å². The standard InChI is InChI=1S/C15H10BrNO.BrH/c16-14-13(11-7-3-1-4-8-11)18-15(17-14)12-9-5-2-6-10-12;/h1-10H;1H. The second-order valence-electron chi connectivity index (χ2n) is 3.87. The molecular formula is C15H11Br2NO. The fourth-order valence-electron chi connectivity index (χ4n) is 1.77. The monoisotopic (exact) mass is 379 g/mol. The number of hydrogen-bond acceptors (Lipinski definition) is 2. The lowest BCUT2D eigenvalue weighted by Gasteiger charge is -1.96. The van der Waals surface area contributed by atoms with Crippen molar-refractivity contribution in [2.45, 2.75) is 0 Å². The van der Waals surface area contributed by atoms with Crippen LogP contribution in [0.4, 0.5) is 0 Å². The van der Waals surface area contributed by atoms with Crippen LogP contribution >= 0.6 is 32.9 Å². The lowest BCUT2D eigenvalue weighted by molar-refractivity contribution is 0.588. The topological polar surface area (TPSA) is 26.0 Å². The number of aromatic nitrogens is 1. The van der Waals surface area contributed by atoms with Crippen molar-refractivity contribution in [3.8, 4) is 22.8 Å². The van der Waals surface area contributed by atoms with Crippen molar-refractivity contribution in [3.63, 3.8) is 0 Å². The van der Waals surface area contributed by atoms with Crippen molar-refractivity contribution < 1.29 is 4.42 Å². The number of rotatable bonds is 2. The number of oxazole rings is 1. The Labute approximate surface area is 130 Å². The van der Waals surface area contributed by atoms with E-state index in [-0.39, 0.29) is 17.0 Å². The van der Waals surface area contributed by atoms with E-state index in [1.807, 2.05) is 60.7 Å². The summed E-state index contributed by atoms with van der Waals surface area (Å²) in [5.74, 6) is 1.38. The van der Waals surface area contributed by atoms with Gasteiger partial charge in [-0.25, -0.2) is 4.98 Å². The maximum atomic E-state index is 5.83. The van der Waals surface area contributed by atoms with Crippen LogP contribution in [-0.4, -0.2) is 4.98 Å². The summed E-state index contributed by atoms with van der Waals surface area (Å²) >= 11 is 3.45. The van der Waals surface area contributed by atoms with E-state index < -0.39 is 0 Å². The Morgan fingerprint density at radius 2 is 1.32 bits per heavy atom. The van der Waals surface area contributed by atoms with Gasteiger partial charge in [-0.15, -0.1) is 17.0 Å². The van der Waals surface area contributed by atoms with Crippen molar-refractivity contribution >= 4 is 32.9 Å². The Kier molecular flexibility index (Phi) is 4.56. The van der Waals surface area contributed by atoms with Gasteiger partial charge < -0.3 is 4.42 Å². The Bertz CT molecular complexity index is 650. The summed E-state index contributed by atoms with van der Waals surface area (Å²) < 4.78 is 6.56. The minimum Gasteiger partial charge on any atom is -0.435 e. The fraction of sp³-hybridized carbons (Fsp3) is 0. The summed E-state index contributed by atoms with van der Waals surface area (Å²) in [7, 11) is 0. The molecule has 1 aromatic heterocycles. The highest BCUT2D eigenvalue weighted by molar-refractivity contribution is 9.10. The first kappa shape index (κ1) is 14.0. The number of halogens is 2. The third-order valence-corrected chi connectivity index (χ3v) is 3.18. The van der Waals surface area contributed by atoms with Crippen LogP contribution in [0.25, 0.3) is 22.8 Å². The second-order valence-corrected chi connectivity index (χ2v) is 4.62. The maximum absolute atomic E-state index is 5.83. The van der Waals surface area contributed by atoms with Crippen LogP contribution in [0, 0.1) is 0 Å². The van der Waals surface area contributed by atoms with Gasteiger partial charge in [-0.2, -0.15) is 0 Å². The predicted molar refractivity (Wildman–Crippen MR) is 85.4 cm³/mol. The quantitative estimate of drug-likeness (QED) is 0.598. The molecule has 1 heterocycles. The molecule has 0 bridgehead atoms. The first-order chi connectivity index (χ1) is 8.84. The highest BCUT2D eigenvalue weighted by Gasteiger charge is 2.13. The van der Waals surface area contributed by atoms with Crippen molar-refractivity contribution in [3.05, 3.63) is 65.3 Å². The largest absolute Gasteiger partial charge is 0.435 e. The van der Waals surface area contributed by atoms with Gasteiger partial charge >= 0.3 is 0 Å². The van der Waals surface area contributed by atoms with Gasteiger partial charge in [-0.3, -0.25) is 0 Å². The molecule has 0 aliphatic heterocycles. The molecule has 2 aromatic carbocycles. The molecule has 0 saturated carbocycles. The Hall–Kier alpha value is -1.39. The van der Waals surface area contributed by atoms with Gasteiger partial charge in [0.1, 0.15) is 0 Å². The SMILES string of the molecule is Br.Brc1nc(-c2ccccc2)oc1-c1ccccc1. The fourth-order valence-corrected chi connectivity index (χ4v) is 2.24. The average molecular weight is 381 g/mol. The summed E-state index contributed by atoms with van der Waals surface area (Å²) in [5, 5.41) is 0. The Balaban J connectivity index is 0.00000133. The zero-order valence-corrected chi connectivity index (χ0v) is 13.2. The number of hydrogen-bond donors (Lipinski definition) is 0. The van der Waals surface area contributed by atoms with Crippen LogP contribution in [0.15, 0.2) is 69.7 Å². The first-order valence-electron chi connectivity index (χ1n) is 5.62. The molecule has 3 rings (SSSR count). The molecule has 0 N–H and O–H groups in total. The molecule has 0 spiro atoms. The van der Waals surface area contributed by atoms with E-state index in [0.29, 0.717) is 5.89 Å². The summed E-state index contributed by atoms with van der Waals surface area (Å²) in [6.45, 7) is 0. The molecule has 2 nitrogen and oxygen atoms in total. The minimum atomic E-state index is 0. The van der Waals surface area contributed by atoms with Gasteiger partial charge in [-0.1, -0.05) is 48.5 Å².